The highest BCUT2D eigenvalue weighted by Crippen LogP contribution is 2.44. The normalized spacial score (nSPS) is 21.8. The van der Waals surface area contributed by atoms with Crippen molar-refractivity contribution in [1.82, 2.24) is 10.3 Å². The van der Waals surface area contributed by atoms with Gasteiger partial charge in [-0.1, -0.05) is 13.8 Å². The molecule has 1 aromatic heterocycles. The minimum absolute atomic E-state index is 0.321. The zero-order valence-electron chi connectivity index (χ0n) is 9.96. The van der Waals surface area contributed by atoms with Crippen molar-refractivity contribution in [3.63, 3.8) is 0 Å². The summed E-state index contributed by atoms with van der Waals surface area (Å²) in [6.07, 6.45) is 1.22. The summed E-state index contributed by atoms with van der Waals surface area (Å²) in [5, 5.41) is 3.45. The number of carbonyl (C=O) groups is 1. The first kappa shape index (κ1) is 11.2. The van der Waals surface area contributed by atoms with Crippen LogP contribution >= 0.6 is 0 Å². The number of nitrogens with one attached hydrogen (secondary N) is 2. The molecule has 1 heterocycles. The van der Waals surface area contributed by atoms with Gasteiger partial charge in [0.2, 0.25) is 0 Å². The first-order valence-electron chi connectivity index (χ1n) is 5.52. The molecule has 2 rings (SSSR count). The van der Waals surface area contributed by atoms with Crippen molar-refractivity contribution in [3.05, 3.63) is 23.5 Å². The average Bonchev–Trinajstić information content (AvgIpc) is 2.68. The molecule has 0 saturated heterocycles. The lowest BCUT2D eigenvalue weighted by Gasteiger charge is -2.04. The number of carbonyl (C=O) groups excluding carboxylic acids is 1. The molecule has 0 radical (unpaired) electrons. The van der Waals surface area contributed by atoms with Crippen LogP contribution in [0.5, 0.6) is 0 Å². The van der Waals surface area contributed by atoms with Crippen LogP contribution in [-0.4, -0.2) is 24.1 Å². The fraction of sp³-hybridized carbons (Fsp3) is 0.583. The molecule has 0 amide bonds. The third kappa shape index (κ3) is 2.27. The van der Waals surface area contributed by atoms with E-state index >= 15 is 0 Å². The van der Waals surface area contributed by atoms with Gasteiger partial charge in [0.25, 0.3) is 0 Å². The summed E-state index contributed by atoms with van der Waals surface area (Å²) in [5.41, 5.74) is 1.95. The molecule has 1 unspecified atom stereocenters. The van der Waals surface area contributed by atoms with Crippen LogP contribution in [0, 0.1) is 5.41 Å². The highest BCUT2D eigenvalue weighted by Gasteiger charge is 2.44. The Kier molecular flexibility index (Phi) is 2.76. The second-order valence-corrected chi connectivity index (χ2v) is 5.02. The maximum absolute atomic E-state index is 11.2. The van der Waals surface area contributed by atoms with Gasteiger partial charge < -0.3 is 15.0 Å². The predicted molar refractivity (Wildman–Crippen MR) is 61.2 cm³/mol. The Bertz CT molecular complexity index is 395. The number of rotatable bonds is 4. The lowest BCUT2D eigenvalue weighted by atomic mass is 10.2. The van der Waals surface area contributed by atoms with Gasteiger partial charge in [-0.2, -0.15) is 0 Å². The van der Waals surface area contributed by atoms with Gasteiger partial charge in [0.05, 0.1) is 7.11 Å². The van der Waals surface area contributed by atoms with Crippen LogP contribution in [0.4, 0.5) is 0 Å². The van der Waals surface area contributed by atoms with Crippen LogP contribution in [-0.2, 0) is 11.3 Å². The van der Waals surface area contributed by atoms with Crippen molar-refractivity contribution >= 4 is 5.97 Å². The fourth-order valence-electron chi connectivity index (χ4n) is 1.82. The summed E-state index contributed by atoms with van der Waals surface area (Å²) in [4.78, 5) is 14.2. The van der Waals surface area contributed by atoms with E-state index in [-0.39, 0.29) is 5.97 Å². The molecule has 0 bridgehead atoms. The largest absolute Gasteiger partial charge is 0.464 e. The molecular weight excluding hydrogens is 204 g/mol. The van der Waals surface area contributed by atoms with Gasteiger partial charge in [-0.3, -0.25) is 0 Å². The zero-order chi connectivity index (χ0) is 11.8. The molecule has 1 saturated carbocycles. The zero-order valence-corrected chi connectivity index (χ0v) is 9.96. The molecule has 16 heavy (non-hydrogen) atoms. The third-order valence-electron chi connectivity index (χ3n) is 3.20. The van der Waals surface area contributed by atoms with Crippen molar-refractivity contribution in [2.24, 2.45) is 5.41 Å². The van der Waals surface area contributed by atoms with Gasteiger partial charge >= 0.3 is 5.97 Å². The van der Waals surface area contributed by atoms with Gasteiger partial charge in [0.1, 0.15) is 5.69 Å². The average molecular weight is 222 g/mol. The summed E-state index contributed by atoms with van der Waals surface area (Å²) in [5.74, 6) is -0.321. The summed E-state index contributed by atoms with van der Waals surface area (Å²) < 4.78 is 4.63. The third-order valence-corrected chi connectivity index (χ3v) is 3.20. The van der Waals surface area contributed by atoms with Gasteiger partial charge in [0.15, 0.2) is 0 Å². The van der Waals surface area contributed by atoms with E-state index in [1.807, 2.05) is 6.07 Å². The van der Waals surface area contributed by atoms with E-state index < -0.39 is 0 Å². The topological polar surface area (TPSA) is 54.1 Å². The number of aromatic nitrogens is 1. The molecule has 1 fully saturated rings. The maximum Gasteiger partial charge on any atom is 0.354 e. The first-order chi connectivity index (χ1) is 7.53. The van der Waals surface area contributed by atoms with Gasteiger partial charge in [0, 0.05) is 18.3 Å². The molecule has 88 valence electrons. The molecule has 0 aromatic carbocycles. The molecule has 1 aromatic rings. The van der Waals surface area contributed by atoms with Crippen molar-refractivity contribution in [1.29, 1.82) is 0 Å². The van der Waals surface area contributed by atoms with Crippen LogP contribution in [0.3, 0.4) is 0 Å². The number of ether oxygens (including phenoxy) is 1. The van der Waals surface area contributed by atoms with Crippen LogP contribution < -0.4 is 5.32 Å². The van der Waals surface area contributed by atoms with Gasteiger partial charge in [-0.25, -0.2) is 4.79 Å². The molecule has 0 spiro atoms. The molecule has 1 aliphatic carbocycles. The van der Waals surface area contributed by atoms with E-state index in [0.29, 0.717) is 17.2 Å². The Morgan fingerprint density at radius 2 is 2.31 bits per heavy atom. The second kappa shape index (κ2) is 3.94. The summed E-state index contributed by atoms with van der Waals surface area (Å²) in [6.45, 7) is 5.27. The summed E-state index contributed by atoms with van der Waals surface area (Å²) in [6, 6.07) is 4.26. The number of esters is 1. The van der Waals surface area contributed by atoms with E-state index in [2.05, 4.69) is 28.9 Å². The molecular formula is C12H18N2O2. The number of hydrogen-bond acceptors (Lipinski definition) is 3. The Morgan fingerprint density at radius 1 is 1.62 bits per heavy atom. The first-order valence-corrected chi connectivity index (χ1v) is 5.52. The van der Waals surface area contributed by atoms with E-state index in [0.717, 1.165) is 12.2 Å². The Labute approximate surface area is 95.4 Å². The van der Waals surface area contributed by atoms with Crippen molar-refractivity contribution in [2.75, 3.05) is 7.11 Å². The molecule has 0 aliphatic heterocycles. The lowest BCUT2D eigenvalue weighted by molar-refractivity contribution is 0.0594. The molecule has 1 atom stereocenters. The van der Waals surface area contributed by atoms with Crippen molar-refractivity contribution in [3.8, 4) is 0 Å². The quantitative estimate of drug-likeness (QED) is 0.762. The Hall–Kier alpha value is -1.29. The van der Waals surface area contributed by atoms with E-state index in [1.54, 1.807) is 6.07 Å². The van der Waals surface area contributed by atoms with E-state index in [1.165, 1.54) is 13.5 Å². The molecule has 4 nitrogen and oxygen atoms in total. The lowest BCUT2D eigenvalue weighted by Crippen LogP contribution is -2.20. The highest BCUT2D eigenvalue weighted by atomic mass is 16.5. The van der Waals surface area contributed by atoms with Crippen molar-refractivity contribution < 1.29 is 9.53 Å². The maximum atomic E-state index is 11.2. The van der Waals surface area contributed by atoms with Gasteiger partial charge in [-0.15, -0.1) is 0 Å². The number of hydrogen-bond donors (Lipinski definition) is 2. The fourth-order valence-corrected chi connectivity index (χ4v) is 1.82. The smallest absolute Gasteiger partial charge is 0.354 e. The van der Waals surface area contributed by atoms with Gasteiger partial charge in [-0.05, 0) is 24.0 Å². The van der Waals surface area contributed by atoms with E-state index in [9.17, 15) is 4.79 Å². The van der Waals surface area contributed by atoms with Crippen LogP contribution in [0.25, 0.3) is 0 Å². The van der Waals surface area contributed by atoms with Crippen LogP contribution in [0.15, 0.2) is 12.1 Å². The standard InChI is InChI=1S/C12H18N2O2/c1-12(2)6-10(12)13-7-8-4-5-9(14-8)11(15)16-3/h4-5,10,13-14H,6-7H2,1-3H3. The summed E-state index contributed by atoms with van der Waals surface area (Å²) >= 11 is 0. The van der Waals surface area contributed by atoms with E-state index in [4.69, 9.17) is 0 Å². The van der Waals surface area contributed by atoms with Crippen LogP contribution in [0.2, 0.25) is 0 Å². The van der Waals surface area contributed by atoms with Crippen molar-refractivity contribution in [2.45, 2.75) is 32.9 Å². The SMILES string of the molecule is COC(=O)c1ccc(CNC2CC2(C)C)[nH]1. The molecule has 1 aliphatic rings. The number of methoxy groups -OCH3 is 1. The minimum Gasteiger partial charge on any atom is -0.464 e. The predicted octanol–water partition coefficient (Wildman–Crippen LogP) is 1.69. The second-order valence-electron chi connectivity index (χ2n) is 5.02. The highest BCUT2D eigenvalue weighted by molar-refractivity contribution is 5.87. The molecule has 2 N–H and O–H groups in total. The summed E-state index contributed by atoms with van der Waals surface area (Å²) in [7, 11) is 1.38. The Morgan fingerprint density at radius 3 is 2.88 bits per heavy atom. The molecule has 4 heteroatoms. The minimum atomic E-state index is -0.321. The Balaban J connectivity index is 1.86. The number of H-pyrrole nitrogens is 1. The number of aromatic amines is 1. The monoisotopic (exact) mass is 222 g/mol. The van der Waals surface area contributed by atoms with Crippen LogP contribution in [0.1, 0.15) is 36.5 Å².